The van der Waals surface area contributed by atoms with E-state index in [1.54, 1.807) is 0 Å². The van der Waals surface area contributed by atoms with E-state index in [9.17, 15) is 0 Å². The van der Waals surface area contributed by atoms with Crippen LogP contribution in [0.5, 0.6) is 0 Å². The molecule has 0 aromatic heterocycles. The third kappa shape index (κ3) is 3.55. The Morgan fingerprint density at radius 3 is 2.19 bits per heavy atom. The van der Waals surface area contributed by atoms with E-state index in [0.29, 0.717) is 21.2 Å². The van der Waals surface area contributed by atoms with E-state index in [1.807, 2.05) is 0 Å². The van der Waals surface area contributed by atoms with Gasteiger partial charge in [-0.2, -0.15) is 0 Å². The molecule has 2 fully saturated rings. The standard InChI is InChI=1S/C12H25IN3/c1-13-11-15-7-9-16(10-8-15)12-3-5-14(2)6-4-12/h12H,3-11H2,1-2H3/q-1. The van der Waals surface area contributed by atoms with Crippen molar-refractivity contribution < 1.29 is 21.2 Å². The van der Waals surface area contributed by atoms with Gasteiger partial charge in [0, 0.05) is 0 Å². The van der Waals surface area contributed by atoms with Gasteiger partial charge in [0.25, 0.3) is 0 Å². The summed E-state index contributed by atoms with van der Waals surface area (Å²) in [6.45, 7) is 7.87. The van der Waals surface area contributed by atoms with Crippen LogP contribution in [0.15, 0.2) is 0 Å². The van der Waals surface area contributed by atoms with E-state index >= 15 is 0 Å². The van der Waals surface area contributed by atoms with Crippen molar-refractivity contribution in [3.8, 4) is 0 Å². The number of nitrogens with zero attached hydrogens (tertiary/aromatic N) is 3. The van der Waals surface area contributed by atoms with Crippen LogP contribution in [0.2, 0.25) is 0 Å². The van der Waals surface area contributed by atoms with E-state index in [4.69, 9.17) is 0 Å². The number of halogens is 1. The SMILES string of the molecule is C[I-]CN1CCN(C2CCN(C)CC2)CC1. The number of piperazine rings is 1. The van der Waals surface area contributed by atoms with Gasteiger partial charge in [-0.15, -0.1) is 0 Å². The van der Waals surface area contributed by atoms with Gasteiger partial charge in [-0.1, -0.05) is 0 Å². The summed E-state index contributed by atoms with van der Waals surface area (Å²) in [4.78, 5) is 10.3. The van der Waals surface area contributed by atoms with Crippen LogP contribution in [-0.2, 0) is 0 Å². The van der Waals surface area contributed by atoms with Gasteiger partial charge in [0.05, 0.1) is 0 Å². The Morgan fingerprint density at radius 1 is 1.00 bits per heavy atom. The first-order chi connectivity index (χ1) is 7.79. The van der Waals surface area contributed by atoms with Crippen molar-refractivity contribution >= 4 is 0 Å². The minimum absolute atomic E-state index is 0.447. The molecular formula is C12H25IN3-. The van der Waals surface area contributed by atoms with Crippen LogP contribution in [0.3, 0.4) is 0 Å². The van der Waals surface area contributed by atoms with Gasteiger partial charge in [-0.05, 0) is 0 Å². The fourth-order valence-corrected chi connectivity index (χ4v) is 4.42. The molecule has 3 nitrogen and oxygen atoms in total. The molecule has 2 heterocycles. The summed E-state index contributed by atoms with van der Waals surface area (Å²) in [6, 6.07) is 0.884. The zero-order valence-corrected chi connectivity index (χ0v) is 12.8. The molecule has 0 N–H and O–H groups in total. The normalized spacial score (nSPS) is 27.6. The summed E-state index contributed by atoms with van der Waals surface area (Å²) >= 11 is 0.447. The first-order valence-electron chi connectivity index (χ1n) is 6.38. The molecule has 0 spiro atoms. The van der Waals surface area contributed by atoms with Crippen molar-refractivity contribution in [2.24, 2.45) is 0 Å². The van der Waals surface area contributed by atoms with Crippen molar-refractivity contribution in [2.75, 3.05) is 55.8 Å². The second kappa shape index (κ2) is 6.52. The molecule has 2 saturated heterocycles. The predicted octanol–water partition coefficient (Wildman–Crippen LogP) is -2.63. The second-order valence-electron chi connectivity index (χ2n) is 5.08. The number of piperidine rings is 1. The summed E-state index contributed by atoms with van der Waals surface area (Å²) < 4.78 is 1.40. The Bertz CT molecular complexity index is 196. The summed E-state index contributed by atoms with van der Waals surface area (Å²) in [5.41, 5.74) is 0. The molecule has 0 amide bonds. The van der Waals surface area contributed by atoms with Gasteiger partial charge < -0.3 is 0 Å². The van der Waals surface area contributed by atoms with Crippen LogP contribution in [0.4, 0.5) is 0 Å². The molecule has 0 aliphatic carbocycles. The average molecular weight is 338 g/mol. The van der Waals surface area contributed by atoms with Gasteiger partial charge in [0.15, 0.2) is 0 Å². The summed E-state index contributed by atoms with van der Waals surface area (Å²) in [7, 11) is 2.25. The number of hydrogen-bond acceptors (Lipinski definition) is 3. The van der Waals surface area contributed by atoms with Crippen molar-refractivity contribution in [1.29, 1.82) is 0 Å². The quantitative estimate of drug-likeness (QED) is 0.317. The Balaban J connectivity index is 1.72. The predicted molar refractivity (Wildman–Crippen MR) is 64.5 cm³/mol. The van der Waals surface area contributed by atoms with Gasteiger partial charge in [-0.3, -0.25) is 0 Å². The number of likely N-dealkylation sites (tertiary alicyclic amines) is 1. The molecule has 96 valence electrons. The Morgan fingerprint density at radius 2 is 1.62 bits per heavy atom. The van der Waals surface area contributed by atoms with Crippen LogP contribution in [0.25, 0.3) is 0 Å². The summed E-state index contributed by atoms with van der Waals surface area (Å²) in [5.74, 6) is 0. The number of alkyl halides is 2. The first kappa shape index (κ1) is 13.1. The van der Waals surface area contributed by atoms with E-state index in [0.717, 1.165) is 6.04 Å². The minimum atomic E-state index is 0.447. The van der Waals surface area contributed by atoms with Crippen LogP contribution >= 0.6 is 0 Å². The van der Waals surface area contributed by atoms with Gasteiger partial charge in [0.2, 0.25) is 0 Å². The zero-order valence-electron chi connectivity index (χ0n) is 10.7. The average Bonchev–Trinajstić information content (AvgIpc) is 2.32. The number of rotatable bonds is 3. The van der Waals surface area contributed by atoms with Crippen LogP contribution in [0, 0.1) is 0 Å². The van der Waals surface area contributed by atoms with Crippen molar-refractivity contribution in [3.05, 3.63) is 0 Å². The summed E-state index contributed by atoms with van der Waals surface area (Å²) in [5, 5.41) is 0. The van der Waals surface area contributed by atoms with Crippen LogP contribution in [-0.4, -0.2) is 76.5 Å². The molecule has 2 rings (SSSR count). The third-order valence-corrected chi connectivity index (χ3v) is 5.55. The molecular weight excluding hydrogens is 313 g/mol. The van der Waals surface area contributed by atoms with E-state index in [-0.39, 0.29) is 0 Å². The van der Waals surface area contributed by atoms with E-state index < -0.39 is 0 Å². The Kier molecular flexibility index (Phi) is 5.32. The van der Waals surface area contributed by atoms with E-state index in [2.05, 4.69) is 26.7 Å². The number of hydrogen-bond donors (Lipinski definition) is 0. The molecule has 4 heteroatoms. The van der Waals surface area contributed by atoms with Crippen LogP contribution < -0.4 is 21.2 Å². The molecule has 0 radical (unpaired) electrons. The fourth-order valence-electron chi connectivity index (χ4n) is 2.78. The molecule has 16 heavy (non-hydrogen) atoms. The molecule has 2 aliphatic rings. The maximum atomic E-state index is 2.75. The molecule has 0 saturated carbocycles. The third-order valence-electron chi connectivity index (χ3n) is 3.90. The molecule has 0 aromatic carbocycles. The van der Waals surface area contributed by atoms with Crippen molar-refractivity contribution in [2.45, 2.75) is 18.9 Å². The topological polar surface area (TPSA) is 9.72 Å². The molecule has 2 aliphatic heterocycles. The Labute approximate surface area is 110 Å². The van der Waals surface area contributed by atoms with Gasteiger partial charge in [-0.25, -0.2) is 0 Å². The Hall–Kier alpha value is 0.610. The van der Waals surface area contributed by atoms with Crippen molar-refractivity contribution in [3.63, 3.8) is 0 Å². The zero-order chi connectivity index (χ0) is 11.4. The first-order valence-corrected chi connectivity index (χ1v) is 10.1. The monoisotopic (exact) mass is 338 g/mol. The molecule has 0 aromatic rings. The second-order valence-corrected chi connectivity index (χ2v) is 7.28. The molecule has 0 unspecified atom stereocenters. The van der Waals surface area contributed by atoms with Gasteiger partial charge in [0.1, 0.15) is 0 Å². The molecule has 0 atom stereocenters. The van der Waals surface area contributed by atoms with Gasteiger partial charge >= 0.3 is 111 Å². The maximum absolute atomic E-state index is 2.75. The fraction of sp³-hybridized carbons (Fsp3) is 1.00. The summed E-state index contributed by atoms with van der Waals surface area (Å²) in [6.07, 6.45) is 2.77. The van der Waals surface area contributed by atoms with Crippen LogP contribution in [0.1, 0.15) is 12.8 Å². The van der Waals surface area contributed by atoms with Crippen molar-refractivity contribution in [1.82, 2.24) is 14.7 Å². The molecule has 0 bridgehead atoms. The van der Waals surface area contributed by atoms with E-state index in [1.165, 1.54) is 56.7 Å².